The largest absolute Gasteiger partial charge is 0.423 e. The van der Waals surface area contributed by atoms with Gasteiger partial charge in [-0.3, -0.25) is 4.79 Å². The van der Waals surface area contributed by atoms with E-state index in [-0.39, 0.29) is 11.8 Å². The predicted octanol–water partition coefficient (Wildman–Crippen LogP) is 2.56. The van der Waals surface area contributed by atoms with Gasteiger partial charge < -0.3 is 19.0 Å². The second kappa shape index (κ2) is 6.61. The number of carbonyl (C=O) groups excluding carboxylic acids is 1. The second-order valence-electron chi connectivity index (χ2n) is 6.33. The number of benzene rings is 1. The molecule has 0 aliphatic carbocycles. The molecular weight excluding hydrogens is 330 g/mol. The van der Waals surface area contributed by atoms with Crippen molar-refractivity contribution in [1.82, 2.24) is 9.88 Å². The number of nitrogens with zero attached hydrogens (tertiary/aromatic N) is 3. The number of rotatable bonds is 2. The Morgan fingerprint density at radius 3 is 2.92 bits per heavy atom. The van der Waals surface area contributed by atoms with E-state index in [1.165, 1.54) is 0 Å². The lowest BCUT2D eigenvalue weighted by Gasteiger charge is -2.35. The molecule has 4 rings (SSSR count). The van der Waals surface area contributed by atoms with Gasteiger partial charge in [0.05, 0.1) is 19.1 Å². The van der Waals surface area contributed by atoms with Gasteiger partial charge in [0, 0.05) is 37.3 Å². The van der Waals surface area contributed by atoms with Crippen LogP contribution >= 0.6 is 11.6 Å². The van der Waals surface area contributed by atoms with Gasteiger partial charge in [0.25, 0.3) is 6.01 Å². The summed E-state index contributed by atoms with van der Waals surface area (Å²) in [5.41, 5.74) is 1.47. The summed E-state index contributed by atoms with van der Waals surface area (Å²) in [5, 5.41) is 0.629. The molecule has 24 heavy (non-hydrogen) atoms. The van der Waals surface area contributed by atoms with Gasteiger partial charge in [0.1, 0.15) is 5.52 Å². The average Bonchev–Trinajstić information content (AvgIpc) is 3.05. The molecule has 0 bridgehead atoms. The van der Waals surface area contributed by atoms with Gasteiger partial charge in [0.2, 0.25) is 5.91 Å². The van der Waals surface area contributed by atoms with Crippen LogP contribution in [-0.2, 0) is 9.53 Å². The average molecular weight is 350 g/mol. The van der Waals surface area contributed by atoms with Crippen LogP contribution in [0.5, 0.6) is 0 Å². The summed E-state index contributed by atoms with van der Waals surface area (Å²) in [4.78, 5) is 21.3. The maximum atomic E-state index is 12.7. The summed E-state index contributed by atoms with van der Waals surface area (Å²) in [6.07, 6.45) is 1.87. The van der Waals surface area contributed by atoms with Crippen LogP contribution in [-0.4, -0.2) is 55.2 Å². The minimum atomic E-state index is -0.00421. The number of hydrogen-bond donors (Lipinski definition) is 0. The molecule has 3 heterocycles. The van der Waals surface area contributed by atoms with Gasteiger partial charge in [-0.05, 0) is 25.0 Å². The van der Waals surface area contributed by atoms with Crippen molar-refractivity contribution in [3.05, 3.63) is 23.2 Å². The quantitative estimate of drug-likeness (QED) is 0.834. The number of morpholine rings is 1. The third-order valence-corrected chi connectivity index (χ3v) is 4.94. The van der Waals surface area contributed by atoms with Gasteiger partial charge in [-0.1, -0.05) is 11.6 Å². The van der Waals surface area contributed by atoms with E-state index in [0.717, 1.165) is 24.9 Å². The van der Waals surface area contributed by atoms with Crippen molar-refractivity contribution < 1.29 is 13.9 Å². The molecule has 1 amide bonds. The van der Waals surface area contributed by atoms with E-state index in [1.54, 1.807) is 12.1 Å². The molecule has 6 nitrogen and oxygen atoms in total. The third kappa shape index (κ3) is 3.08. The van der Waals surface area contributed by atoms with Crippen molar-refractivity contribution in [1.29, 1.82) is 0 Å². The van der Waals surface area contributed by atoms with Gasteiger partial charge in [0.15, 0.2) is 5.58 Å². The smallest absolute Gasteiger partial charge is 0.298 e. The zero-order valence-corrected chi connectivity index (χ0v) is 14.2. The normalized spacial score (nSPS) is 22.1. The number of fused-ring (bicyclic) bond motifs is 1. The molecule has 0 spiro atoms. The molecule has 2 saturated heterocycles. The van der Waals surface area contributed by atoms with Crippen molar-refractivity contribution in [3.8, 4) is 0 Å². The van der Waals surface area contributed by atoms with Crippen LogP contribution in [0.3, 0.4) is 0 Å². The van der Waals surface area contributed by atoms with Crippen LogP contribution in [0.2, 0.25) is 5.02 Å². The molecule has 1 atom stereocenters. The number of aromatic nitrogens is 1. The second-order valence-corrected chi connectivity index (χ2v) is 6.77. The highest BCUT2D eigenvalue weighted by molar-refractivity contribution is 6.31. The molecule has 7 heteroatoms. The van der Waals surface area contributed by atoms with Crippen molar-refractivity contribution in [3.63, 3.8) is 0 Å². The fourth-order valence-corrected chi connectivity index (χ4v) is 3.58. The number of amides is 1. The van der Waals surface area contributed by atoms with Crippen LogP contribution in [0.1, 0.15) is 12.8 Å². The summed E-state index contributed by atoms with van der Waals surface area (Å²) in [6.45, 7) is 4.15. The monoisotopic (exact) mass is 349 g/mol. The Bertz CT molecular complexity index is 742. The zero-order chi connectivity index (χ0) is 16.5. The lowest BCUT2D eigenvalue weighted by atomic mass is 9.96. The van der Waals surface area contributed by atoms with Crippen molar-refractivity contribution in [2.24, 2.45) is 5.92 Å². The number of halogens is 1. The van der Waals surface area contributed by atoms with Crippen molar-refractivity contribution in [2.75, 3.05) is 44.3 Å². The van der Waals surface area contributed by atoms with Crippen LogP contribution < -0.4 is 4.90 Å². The van der Waals surface area contributed by atoms with E-state index in [2.05, 4.69) is 9.88 Å². The number of oxazole rings is 1. The fourth-order valence-electron chi connectivity index (χ4n) is 3.42. The number of anilines is 1. The maximum absolute atomic E-state index is 12.7. The molecule has 2 aliphatic rings. The fraction of sp³-hybridized carbons (Fsp3) is 0.529. The molecule has 1 aromatic carbocycles. The molecule has 1 unspecified atom stereocenters. The minimum Gasteiger partial charge on any atom is -0.423 e. The van der Waals surface area contributed by atoms with E-state index < -0.39 is 0 Å². The molecule has 2 aromatic rings. The van der Waals surface area contributed by atoms with Gasteiger partial charge in [-0.2, -0.15) is 4.98 Å². The SMILES string of the molecule is O=C(C1CCCN(c2nc3ccc(Cl)cc3o2)C1)N1CCOCC1. The highest BCUT2D eigenvalue weighted by Crippen LogP contribution is 2.28. The van der Waals surface area contributed by atoms with Gasteiger partial charge >= 0.3 is 0 Å². The summed E-state index contributed by atoms with van der Waals surface area (Å²) < 4.78 is 11.2. The van der Waals surface area contributed by atoms with E-state index >= 15 is 0 Å². The first kappa shape index (κ1) is 15.7. The lowest BCUT2D eigenvalue weighted by Crippen LogP contribution is -2.48. The van der Waals surface area contributed by atoms with Gasteiger partial charge in [-0.15, -0.1) is 0 Å². The molecule has 2 aliphatic heterocycles. The number of carbonyl (C=O) groups is 1. The van der Waals surface area contributed by atoms with Crippen molar-refractivity contribution >= 4 is 34.6 Å². The zero-order valence-electron chi connectivity index (χ0n) is 13.4. The molecular formula is C17H20ClN3O3. The Morgan fingerprint density at radius 1 is 1.25 bits per heavy atom. The van der Waals surface area contributed by atoms with Crippen LogP contribution in [0.4, 0.5) is 6.01 Å². The summed E-state index contributed by atoms with van der Waals surface area (Å²) >= 11 is 6.00. The first-order chi connectivity index (χ1) is 11.7. The molecule has 0 radical (unpaired) electrons. The van der Waals surface area contributed by atoms with E-state index in [4.69, 9.17) is 20.8 Å². The van der Waals surface area contributed by atoms with E-state index in [0.29, 0.717) is 49.5 Å². The predicted molar refractivity (Wildman–Crippen MR) is 91.4 cm³/mol. The Morgan fingerprint density at radius 2 is 2.08 bits per heavy atom. The summed E-state index contributed by atoms with van der Waals surface area (Å²) in [7, 11) is 0. The van der Waals surface area contributed by atoms with Crippen LogP contribution in [0.15, 0.2) is 22.6 Å². The Labute approximate surface area is 145 Å². The highest BCUT2D eigenvalue weighted by Gasteiger charge is 2.31. The lowest BCUT2D eigenvalue weighted by molar-refractivity contribution is -0.139. The molecule has 128 valence electrons. The Kier molecular flexibility index (Phi) is 4.33. The first-order valence-electron chi connectivity index (χ1n) is 8.38. The van der Waals surface area contributed by atoms with E-state index in [9.17, 15) is 4.79 Å². The van der Waals surface area contributed by atoms with Gasteiger partial charge in [-0.25, -0.2) is 0 Å². The Balaban J connectivity index is 1.50. The summed E-state index contributed by atoms with van der Waals surface area (Å²) in [6, 6.07) is 6.00. The molecule has 0 N–H and O–H groups in total. The number of ether oxygens (including phenoxy) is 1. The van der Waals surface area contributed by atoms with Crippen LogP contribution in [0, 0.1) is 5.92 Å². The maximum Gasteiger partial charge on any atom is 0.298 e. The van der Waals surface area contributed by atoms with Crippen molar-refractivity contribution in [2.45, 2.75) is 12.8 Å². The molecule has 2 fully saturated rings. The third-order valence-electron chi connectivity index (χ3n) is 4.70. The molecule has 0 saturated carbocycles. The minimum absolute atomic E-state index is 0.00421. The number of piperidine rings is 1. The Hall–Kier alpha value is -1.79. The molecule has 1 aromatic heterocycles. The van der Waals surface area contributed by atoms with Crippen LogP contribution in [0.25, 0.3) is 11.1 Å². The number of hydrogen-bond acceptors (Lipinski definition) is 5. The van der Waals surface area contributed by atoms with E-state index in [1.807, 2.05) is 11.0 Å². The standard InChI is InChI=1S/C17H20ClN3O3/c18-13-3-4-14-15(10-13)24-17(19-14)21-5-1-2-12(11-21)16(22)20-6-8-23-9-7-20/h3-4,10,12H,1-2,5-9,11H2. The topological polar surface area (TPSA) is 58.8 Å². The summed E-state index contributed by atoms with van der Waals surface area (Å²) in [5.74, 6) is 0.220. The highest BCUT2D eigenvalue weighted by atomic mass is 35.5. The first-order valence-corrected chi connectivity index (χ1v) is 8.76.